The van der Waals surface area contributed by atoms with Crippen molar-refractivity contribution >= 4 is 33.4 Å². The minimum absolute atomic E-state index is 0.000839. The molecule has 0 aliphatic carbocycles. The van der Waals surface area contributed by atoms with Crippen LogP contribution in [-0.2, 0) is 16.1 Å². The summed E-state index contributed by atoms with van der Waals surface area (Å²) in [5.41, 5.74) is 0.496. The van der Waals surface area contributed by atoms with Crippen molar-refractivity contribution in [3.05, 3.63) is 28.1 Å². The van der Waals surface area contributed by atoms with Gasteiger partial charge in [-0.05, 0) is 17.9 Å². The second-order valence-electron chi connectivity index (χ2n) is 6.48. The van der Waals surface area contributed by atoms with E-state index in [1.54, 1.807) is 11.0 Å². The fraction of sp³-hybridized carbons (Fsp3) is 0.500. The minimum Gasteiger partial charge on any atom is -0.342 e. The summed E-state index contributed by atoms with van der Waals surface area (Å²) < 4.78 is 1.95. The number of carbonyl (C=O) groups is 2. The topological polar surface area (TPSA) is 75.5 Å². The highest BCUT2D eigenvalue weighted by atomic mass is 32.1. The van der Waals surface area contributed by atoms with Crippen molar-refractivity contribution in [1.29, 1.82) is 0 Å². The molecule has 0 N–H and O–H groups in total. The second kappa shape index (κ2) is 5.70. The number of hydrogen-bond donors (Lipinski definition) is 0. The normalized spacial score (nSPS) is 23.8. The molecule has 4 rings (SSSR count). The number of piperidine rings is 1. The quantitative estimate of drug-likeness (QED) is 0.795. The zero-order valence-electron chi connectivity index (χ0n) is 13.3. The highest BCUT2D eigenvalue weighted by molar-refractivity contribution is 7.17. The Morgan fingerprint density at radius 1 is 1.42 bits per heavy atom. The molecule has 0 spiro atoms. The number of thiophene rings is 1. The number of hydrogen-bond acceptors (Lipinski definition) is 5. The Bertz CT molecular complexity index is 874. The summed E-state index contributed by atoms with van der Waals surface area (Å²) in [5, 5.41) is 1.82. The van der Waals surface area contributed by atoms with E-state index in [4.69, 9.17) is 0 Å². The van der Waals surface area contributed by atoms with Gasteiger partial charge in [0.2, 0.25) is 11.8 Å². The lowest BCUT2D eigenvalue weighted by atomic mass is 9.93. The molecule has 0 saturated carbocycles. The van der Waals surface area contributed by atoms with Crippen LogP contribution >= 0.6 is 11.3 Å². The predicted molar refractivity (Wildman–Crippen MR) is 89.7 cm³/mol. The standard InChI is InChI=1S/C16H18N4O3S/c1-18-12-2-4-19(7-10(12)6-13(18)21)14(22)8-20-9-17-11-3-5-24-15(11)16(20)23/h3,5,9-10,12H,2,4,6-8H2,1H3/t10-,12+/m1/s1. The molecule has 2 aliphatic heterocycles. The summed E-state index contributed by atoms with van der Waals surface area (Å²) in [6, 6.07) is 2.04. The Morgan fingerprint density at radius 3 is 3.08 bits per heavy atom. The lowest BCUT2D eigenvalue weighted by molar-refractivity contribution is -0.134. The molecule has 7 nitrogen and oxygen atoms in total. The first-order valence-corrected chi connectivity index (χ1v) is 8.88. The maximum Gasteiger partial charge on any atom is 0.271 e. The number of fused-ring (bicyclic) bond motifs is 2. The summed E-state index contributed by atoms with van der Waals surface area (Å²) in [4.78, 5) is 44.6. The molecule has 2 aliphatic rings. The second-order valence-corrected chi connectivity index (χ2v) is 7.39. The van der Waals surface area contributed by atoms with Crippen LogP contribution in [0.2, 0.25) is 0 Å². The Balaban J connectivity index is 1.49. The average Bonchev–Trinajstić information content (AvgIpc) is 3.15. The van der Waals surface area contributed by atoms with Crippen LogP contribution in [0.1, 0.15) is 12.8 Å². The summed E-state index contributed by atoms with van der Waals surface area (Å²) in [6.45, 7) is 1.21. The lowest BCUT2D eigenvalue weighted by Gasteiger charge is -2.36. The molecule has 2 saturated heterocycles. The van der Waals surface area contributed by atoms with Crippen molar-refractivity contribution in [3.8, 4) is 0 Å². The molecule has 2 amide bonds. The van der Waals surface area contributed by atoms with Gasteiger partial charge < -0.3 is 9.80 Å². The van der Waals surface area contributed by atoms with Crippen LogP contribution < -0.4 is 5.56 Å². The third kappa shape index (κ3) is 2.41. The molecule has 2 aromatic heterocycles. The summed E-state index contributed by atoms with van der Waals surface area (Å²) in [5.74, 6) is 0.271. The van der Waals surface area contributed by atoms with Crippen LogP contribution in [-0.4, -0.2) is 57.3 Å². The van der Waals surface area contributed by atoms with Gasteiger partial charge in [0.05, 0.1) is 11.8 Å². The minimum atomic E-state index is -0.172. The van der Waals surface area contributed by atoms with Crippen LogP contribution in [0.4, 0.5) is 0 Å². The van der Waals surface area contributed by atoms with E-state index in [1.807, 2.05) is 17.3 Å². The van der Waals surface area contributed by atoms with E-state index in [2.05, 4.69) is 4.98 Å². The van der Waals surface area contributed by atoms with Crippen molar-refractivity contribution in [2.24, 2.45) is 5.92 Å². The number of rotatable bonds is 2. The van der Waals surface area contributed by atoms with Crippen molar-refractivity contribution in [3.63, 3.8) is 0 Å². The SMILES string of the molecule is CN1C(=O)C[C@@H]2CN(C(=O)Cn3cnc4ccsc4c3=O)CC[C@@H]21. The molecule has 0 unspecified atom stereocenters. The first-order chi connectivity index (χ1) is 11.5. The summed E-state index contributed by atoms with van der Waals surface area (Å²) in [7, 11) is 1.84. The average molecular weight is 346 g/mol. The van der Waals surface area contributed by atoms with Gasteiger partial charge in [0.25, 0.3) is 5.56 Å². The zero-order chi connectivity index (χ0) is 16.8. The first-order valence-electron chi connectivity index (χ1n) is 8.00. The smallest absolute Gasteiger partial charge is 0.271 e. The number of likely N-dealkylation sites (tertiary alicyclic amines) is 2. The van der Waals surface area contributed by atoms with E-state index in [0.29, 0.717) is 29.7 Å². The molecule has 4 heterocycles. The molecule has 0 aromatic carbocycles. The van der Waals surface area contributed by atoms with E-state index in [9.17, 15) is 14.4 Å². The largest absolute Gasteiger partial charge is 0.342 e. The van der Waals surface area contributed by atoms with E-state index in [1.165, 1.54) is 22.2 Å². The Morgan fingerprint density at radius 2 is 2.25 bits per heavy atom. The number of nitrogens with zero attached hydrogens (tertiary/aromatic N) is 4. The highest BCUT2D eigenvalue weighted by Gasteiger charge is 2.41. The van der Waals surface area contributed by atoms with Crippen molar-refractivity contribution in [2.45, 2.75) is 25.4 Å². The van der Waals surface area contributed by atoms with Gasteiger partial charge in [-0.2, -0.15) is 0 Å². The van der Waals surface area contributed by atoms with E-state index >= 15 is 0 Å². The van der Waals surface area contributed by atoms with Gasteiger partial charge in [0.15, 0.2) is 0 Å². The Hall–Kier alpha value is -2.22. The molecular formula is C16H18N4O3S. The van der Waals surface area contributed by atoms with Gasteiger partial charge in [-0.15, -0.1) is 11.3 Å². The maximum absolute atomic E-state index is 12.6. The number of carbonyl (C=O) groups excluding carboxylic acids is 2. The summed E-state index contributed by atoms with van der Waals surface area (Å²) >= 11 is 1.34. The van der Waals surface area contributed by atoms with Crippen molar-refractivity contribution in [2.75, 3.05) is 20.1 Å². The van der Waals surface area contributed by atoms with Crippen molar-refractivity contribution < 1.29 is 9.59 Å². The predicted octanol–water partition coefficient (Wildman–Crippen LogP) is 0.537. The van der Waals surface area contributed by atoms with Gasteiger partial charge in [-0.1, -0.05) is 0 Å². The number of aromatic nitrogens is 2. The van der Waals surface area contributed by atoms with Crippen molar-refractivity contribution in [1.82, 2.24) is 19.4 Å². The van der Waals surface area contributed by atoms with Gasteiger partial charge in [-0.3, -0.25) is 19.0 Å². The van der Waals surface area contributed by atoms with Crippen LogP contribution in [0.5, 0.6) is 0 Å². The highest BCUT2D eigenvalue weighted by Crippen LogP contribution is 2.31. The third-order valence-electron chi connectivity index (χ3n) is 5.12. The van der Waals surface area contributed by atoms with E-state index in [-0.39, 0.29) is 35.9 Å². The van der Waals surface area contributed by atoms with Gasteiger partial charge in [-0.25, -0.2) is 4.98 Å². The van der Waals surface area contributed by atoms with E-state index in [0.717, 1.165) is 6.42 Å². The Labute approximate surface area is 142 Å². The zero-order valence-corrected chi connectivity index (χ0v) is 14.2. The molecular weight excluding hydrogens is 328 g/mol. The van der Waals surface area contributed by atoms with Crippen LogP contribution in [0, 0.1) is 5.92 Å². The molecule has 0 bridgehead atoms. The van der Waals surface area contributed by atoms with Gasteiger partial charge >= 0.3 is 0 Å². The van der Waals surface area contributed by atoms with Gasteiger partial charge in [0.1, 0.15) is 11.2 Å². The first kappa shape index (κ1) is 15.3. The Kier molecular flexibility index (Phi) is 3.64. The summed E-state index contributed by atoms with van der Waals surface area (Å²) in [6.07, 6.45) is 2.75. The maximum atomic E-state index is 12.6. The lowest BCUT2D eigenvalue weighted by Crippen LogP contribution is -2.48. The number of amides is 2. The fourth-order valence-corrected chi connectivity index (χ4v) is 4.54. The molecule has 2 atom stereocenters. The molecule has 0 radical (unpaired) electrons. The molecule has 8 heteroatoms. The van der Waals surface area contributed by atoms with Gasteiger partial charge in [0, 0.05) is 38.5 Å². The van der Waals surface area contributed by atoms with Crippen LogP contribution in [0.15, 0.2) is 22.6 Å². The molecule has 126 valence electrons. The van der Waals surface area contributed by atoms with E-state index < -0.39 is 0 Å². The van der Waals surface area contributed by atoms with Crippen LogP contribution in [0.3, 0.4) is 0 Å². The molecule has 2 fully saturated rings. The molecule has 2 aromatic rings. The van der Waals surface area contributed by atoms with Crippen LogP contribution in [0.25, 0.3) is 10.2 Å². The molecule has 24 heavy (non-hydrogen) atoms. The third-order valence-corrected chi connectivity index (χ3v) is 6.01. The fourth-order valence-electron chi connectivity index (χ4n) is 3.75. The monoisotopic (exact) mass is 346 g/mol.